The molecule has 24 heavy (non-hydrogen) atoms. The van der Waals surface area contributed by atoms with E-state index in [-0.39, 0.29) is 5.78 Å². The zero-order valence-electron chi connectivity index (χ0n) is 15.1. The van der Waals surface area contributed by atoms with E-state index in [4.69, 9.17) is 4.74 Å². The molecule has 0 spiro atoms. The van der Waals surface area contributed by atoms with Crippen molar-refractivity contribution in [1.82, 2.24) is 0 Å². The van der Waals surface area contributed by atoms with E-state index in [1.54, 1.807) is 6.92 Å². The molecule has 2 rings (SSSR count). The lowest BCUT2D eigenvalue weighted by Crippen LogP contribution is -1.98. The number of hydrogen-bond donors (Lipinski definition) is 0. The number of benzene rings is 2. The molecule has 2 nitrogen and oxygen atoms in total. The van der Waals surface area contributed by atoms with Crippen LogP contribution in [0.25, 0.3) is 10.8 Å². The Labute approximate surface area is 146 Å². The predicted octanol–water partition coefficient (Wildman–Crippen LogP) is 6.56. The van der Waals surface area contributed by atoms with Crippen LogP contribution in [0.1, 0.15) is 75.6 Å². The molecule has 0 heterocycles. The molecule has 0 bridgehead atoms. The van der Waals surface area contributed by atoms with Crippen LogP contribution in [-0.4, -0.2) is 12.4 Å². The minimum absolute atomic E-state index is 0.0992. The van der Waals surface area contributed by atoms with Crippen LogP contribution in [0, 0.1) is 0 Å². The zero-order chi connectivity index (χ0) is 17.2. The van der Waals surface area contributed by atoms with Crippen molar-refractivity contribution in [3.05, 3.63) is 42.0 Å². The molecule has 0 aliphatic rings. The number of ether oxygens (including phenoxy) is 1. The Kier molecular flexibility index (Phi) is 7.81. The third kappa shape index (κ3) is 5.67. The van der Waals surface area contributed by atoms with Gasteiger partial charge < -0.3 is 4.74 Å². The van der Waals surface area contributed by atoms with Crippen molar-refractivity contribution < 1.29 is 9.53 Å². The van der Waals surface area contributed by atoms with Crippen molar-refractivity contribution >= 4 is 16.6 Å². The molecule has 0 radical (unpaired) electrons. The third-order valence-electron chi connectivity index (χ3n) is 4.50. The number of Topliss-reactive ketones (excluding diaryl/α,β-unsaturated/α-hetero) is 1. The second-order valence-corrected chi connectivity index (χ2v) is 6.57. The van der Waals surface area contributed by atoms with Crippen LogP contribution < -0.4 is 4.74 Å². The zero-order valence-corrected chi connectivity index (χ0v) is 15.1. The molecule has 0 aliphatic carbocycles. The summed E-state index contributed by atoms with van der Waals surface area (Å²) in [6.45, 7) is 4.62. The van der Waals surface area contributed by atoms with Crippen LogP contribution in [0.4, 0.5) is 0 Å². The molecular weight excluding hydrogens is 296 g/mol. The molecule has 2 aromatic carbocycles. The number of unbranched alkanes of at least 4 members (excludes halogenated alkanes) is 7. The molecule has 0 atom stereocenters. The van der Waals surface area contributed by atoms with Crippen LogP contribution >= 0.6 is 0 Å². The summed E-state index contributed by atoms with van der Waals surface area (Å²) >= 11 is 0. The van der Waals surface area contributed by atoms with Crippen molar-refractivity contribution in [2.75, 3.05) is 6.61 Å². The van der Waals surface area contributed by atoms with E-state index in [1.165, 1.54) is 44.9 Å². The summed E-state index contributed by atoms with van der Waals surface area (Å²) in [5, 5.41) is 2.15. The fourth-order valence-electron chi connectivity index (χ4n) is 3.02. The fourth-order valence-corrected chi connectivity index (χ4v) is 3.02. The van der Waals surface area contributed by atoms with Crippen LogP contribution in [0.2, 0.25) is 0 Å². The van der Waals surface area contributed by atoms with Crippen LogP contribution in [-0.2, 0) is 0 Å². The van der Waals surface area contributed by atoms with Crippen molar-refractivity contribution in [3.8, 4) is 5.75 Å². The van der Waals surface area contributed by atoms with Gasteiger partial charge in [-0.05, 0) is 36.9 Å². The van der Waals surface area contributed by atoms with Crippen molar-refractivity contribution in [3.63, 3.8) is 0 Å². The van der Waals surface area contributed by atoms with Crippen molar-refractivity contribution in [2.24, 2.45) is 0 Å². The summed E-state index contributed by atoms with van der Waals surface area (Å²) < 4.78 is 5.98. The number of hydrogen-bond acceptors (Lipinski definition) is 2. The van der Waals surface area contributed by atoms with Gasteiger partial charge in [0.1, 0.15) is 5.75 Å². The number of carbonyl (C=O) groups excluding carboxylic acids is 1. The van der Waals surface area contributed by atoms with E-state index >= 15 is 0 Å². The maximum Gasteiger partial charge on any atom is 0.159 e. The second-order valence-electron chi connectivity index (χ2n) is 6.57. The number of ketones is 1. The molecule has 0 saturated carbocycles. The Hall–Kier alpha value is -1.83. The Morgan fingerprint density at radius 3 is 2.33 bits per heavy atom. The normalized spacial score (nSPS) is 10.9. The molecule has 0 aliphatic heterocycles. The van der Waals surface area contributed by atoms with E-state index in [9.17, 15) is 4.79 Å². The lowest BCUT2D eigenvalue weighted by atomic mass is 10.0. The van der Waals surface area contributed by atoms with Gasteiger partial charge in [0.05, 0.1) is 6.61 Å². The molecule has 0 saturated heterocycles. The molecule has 0 fully saturated rings. The highest BCUT2D eigenvalue weighted by Crippen LogP contribution is 2.27. The van der Waals surface area contributed by atoms with E-state index in [0.717, 1.165) is 35.1 Å². The van der Waals surface area contributed by atoms with Crippen LogP contribution in [0.3, 0.4) is 0 Å². The Balaban J connectivity index is 1.78. The molecular formula is C22H30O2. The molecule has 2 heteroatoms. The third-order valence-corrected chi connectivity index (χ3v) is 4.50. The van der Waals surface area contributed by atoms with Gasteiger partial charge in [-0.25, -0.2) is 0 Å². The van der Waals surface area contributed by atoms with Crippen LogP contribution in [0.5, 0.6) is 5.75 Å². The molecule has 130 valence electrons. The van der Waals surface area contributed by atoms with Crippen LogP contribution in [0.15, 0.2) is 36.4 Å². The lowest BCUT2D eigenvalue weighted by Gasteiger charge is -2.10. The molecule has 2 aromatic rings. The topological polar surface area (TPSA) is 26.3 Å². The minimum Gasteiger partial charge on any atom is -0.493 e. The maximum absolute atomic E-state index is 11.5. The van der Waals surface area contributed by atoms with Gasteiger partial charge in [0.15, 0.2) is 5.78 Å². The summed E-state index contributed by atoms with van der Waals surface area (Å²) in [7, 11) is 0. The van der Waals surface area contributed by atoms with E-state index in [0.29, 0.717) is 0 Å². The fraction of sp³-hybridized carbons (Fsp3) is 0.500. The first-order chi connectivity index (χ1) is 11.7. The second kappa shape index (κ2) is 10.1. The maximum atomic E-state index is 11.5. The van der Waals surface area contributed by atoms with Gasteiger partial charge in [-0.1, -0.05) is 70.1 Å². The Morgan fingerprint density at radius 2 is 1.62 bits per heavy atom. The SMILES string of the molecule is CCCCCCCCCCOc1cccc2cc(C(C)=O)ccc12. The highest BCUT2D eigenvalue weighted by atomic mass is 16.5. The first kappa shape index (κ1) is 18.5. The van der Waals surface area contributed by atoms with E-state index < -0.39 is 0 Å². The van der Waals surface area contributed by atoms with Gasteiger partial charge in [-0.15, -0.1) is 0 Å². The standard InChI is InChI=1S/C22H30O2/c1-3-4-5-6-7-8-9-10-16-24-22-13-11-12-20-17-19(18(2)23)14-15-21(20)22/h11-15,17H,3-10,16H2,1-2H3. The van der Waals surface area contributed by atoms with Gasteiger partial charge in [-0.2, -0.15) is 0 Å². The summed E-state index contributed by atoms with van der Waals surface area (Å²) in [6, 6.07) is 11.9. The number of carbonyl (C=O) groups is 1. The minimum atomic E-state index is 0.0992. The van der Waals surface area contributed by atoms with Gasteiger partial charge in [0, 0.05) is 10.9 Å². The van der Waals surface area contributed by atoms with Crippen molar-refractivity contribution in [2.45, 2.75) is 65.2 Å². The lowest BCUT2D eigenvalue weighted by molar-refractivity contribution is 0.101. The van der Waals surface area contributed by atoms with Gasteiger partial charge in [0.25, 0.3) is 0 Å². The average Bonchev–Trinajstić information content (AvgIpc) is 2.59. The Morgan fingerprint density at radius 1 is 0.917 bits per heavy atom. The highest BCUT2D eigenvalue weighted by Gasteiger charge is 2.05. The monoisotopic (exact) mass is 326 g/mol. The predicted molar refractivity (Wildman–Crippen MR) is 102 cm³/mol. The number of rotatable bonds is 11. The van der Waals surface area contributed by atoms with Gasteiger partial charge in [0.2, 0.25) is 0 Å². The highest BCUT2D eigenvalue weighted by molar-refractivity contribution is 5.99. The first-order valence-electron chi connectivity index (χ1n) is 9.39. The summed E-state index contributed by atoms with van der Waals surface area (Å²) in [5.74, 6) is 1.02. The molecule has 0 amide bonds. The summed E-state index contributed by atoms with van der Waals surface area (Å²) in [6.07, 6.45) is 10.4. The first-order valence-corrected chi connectivity index (χ1v) is 9.39. The summed E-state index contributed by atoms with van der Waals surface area (Å²) in [4.78, 5) is 11.5. The van der Waals surface area contributed by atoms with E-state index in [2.05, 4.69) is 6.92 Å². The quantitative estimate of drug-likeness (QED) is 0.345. The smallest absolute Gasteiger partial charge is 0.159 e. The largest absolute Gasteiger partial charge is 0.493 e. The van der Waals surface area contributed by atoms with Gasteiger partial charge >= 0.3 is 0 Å². The van der Waals surface area contributed by atoms with Gasteiger partial charge in [-0.3, -0.25) is 4.79 Å². The molecule has 0 N–H and O–H groups in total. The van der Waals surface area contributed by atoms with Crippen molar-refractivity contribution in [1.29, 1.82) is 0 Å². The van der Waals surface area contributed by atoms with E-state index in [1.807, 2.05) is 36.4 Å². The summed E-state index contributed by atoms with van der Waals surface area (Å²) in [5.41, 5.74) is 0.753. The number of fused-ring (bicyclic) bond motifs is 1. The molecule has 0 aromatic heterocycles. The average molecular weight is 326 g/mol. The molecule has 0 unspecified atom stereocenters. The Bertz CT molecular complexity index is 645.